The Balaban J connectivity index is 3.30. The van der Waals surface area contributed by atoms with Crippen LogP contribution in [0.2, 0.25) is 0 Å². The zero-order valence-electron chi connectivity index (χ0n) is 8.96. The van der Waals surface area contributed by atoms with Crippen molar-refractivity contribution < 1.29 is 19.1 Å². The fourth-order valence-electron chi connectivity index (χ4n) is 0.723. The van der Waals surface area contributed by atoms with Gasteiger partial charge in [-0.25, -0.2) is 9.59 Å². The van der Waals surface area contributed by atoms with Crippen LogP contribution in [-0.2, 0) is 9.47 Å². The topological polar surface area (TPSA) is 88.7 Å². The monoisotopic (exact) mass is 219 g/mol. The molecule has 3 amide bonds. The molecule has 3 N–H and O–H groups in total. The van der Waals surface area contributed by atoms with E-state index >= 15 is 0 Å². The number of hydrogen-bond acceptors (Lipinski definition) is 4. The molecule has 0 aromatic heterocycles. The summed E-state index contributed by atoms with van der Waals surface area (Å²) in [6.07, 6.45) is -0.489. The van der Waals surface area contributed by atoms with Gasteiger partial charge in [0.15, 0.2) is 0 Å². The first-order valence-electron chi connectivity index (χ1n) is 4.62. The molecular formula is C8H17N3O4. The second kappa shape index (κ2) is 9.07. The number of alkyl carbamates (subject to hydrolysis) is 1. The maximum absolute atomic E-state index is 10.9. The van der Waals surface area contributed by atoms with Gasteiger partial charge < -0.3 is 25.4 Å². The highest BCUT2D eigenvalue weighted by atomic mass is 16.5. The van der Waals surface area contributed by atoms with E-state index in [1.807, 2.05) is 0 Å². The minimum absolute atomic E-state index is 0.150. The Kier molecular flexibility index (Phi) is 8.16. The van der Waals surface area contributed by atoms with Crippen LogP contribution in [0.3, 0.4) is 0 Å². The number of carbonyl (C=O) groups excluding carboxylic acids is 2. The molecule has 0 heterocycles. The van der Waals surface area contributed by atoms with Crippen LogP contribution in [0.4, 0.5) is 9.59 Å². The highest BCUT2D eigenvalue weighted by molar-refractivity contribution is 5.73. The second-order valence-corrected chi connectivity index (χ2v) is 2.51. The van der Waals surface area contributed by atoms with E-state index in [1.165, 1.54) is 7.11 Å². The van der Waals surface area contributed by atoms with E-state index < -0.39 is 6.09 Å². The van der Waals surface area contributed by atoms with Gasteiger partial charge in [0.1, 0.15) is 6.73 Å². The van der Waals surface area contributed by atoms with Crippen molar-refractivity contribution in [2.75, 3.05) is 33.5 Å². The molecule has 0 spiro atoms. The van der Waals surface area contributed by atoms with Crippen molar-refractivity contribution >= 4 is 12.1 Å². The third-order valence-electron chi connectivity index (χ3n) is 1.33. The van der Waals surface area contributed by atoms with Gasteiger partial charge in [0.05, 0.1) is 6.61 Å². The smallest absolute Gasteiger partial charge is 0.407 e. The maximum Gasteiger partial charge on any atom is 0.407 e. The number of hydrogen-bond donors (Lipinski definition) is 3. The van der Waals surface area contributed by atoms with Crippen molar-refractivity contribution in [2.45, 2.75) is 6.92 Å². The summed E-state index contributed by atoms with van der Waals surface area (Å²) in [4.78, 5) is 21.7. The number of rotatable bonds is 6. The largest absolute Gasteiger partial charge is 0.450 e. The lowest BCUT2D eigenvalue weighted by Crippen LogP contribution is -2.40. The first kappa shape index (κ1) is 13.5. The number of ether oxygens (including phenoxy) is 2. The molecule has 88 valence electrons. The molecule has 7 nitrogen and oxygen atoms in total. The van der Waals surface area contributed by atoms with Crippen LogP contribution < -0.4 is 16.0 Å². The van der Waals surface area contributed by atoms with Gasteiger partial charge in [-0.15, -0.1) is 0 Å². The van der Waals surface area contributed by atoms with Crippen LogP contribution in [0.25, 0.3) is 0 Å². The van der Waals surface area contributed by atoms with E-state index in [9.17, 15) is 9.59 Å². The fourth-order valence-corrected chi connectivity index (χ4v) is 0.723. The second-order valence-electron chi connectivity index (χ2n) is 2.51. The molecule has 0 aliphatic rings. The molecule has 0 fully saturated rings. The minimum atomic E-state index is -0.489. The summed E-state index contributed by atoms with van der Waals surface area (Å²) in [5.74, 6) is 0. The molecule has 0 aromatic carbocycles. The predicted octanol–water partition coefficient (Wildman–Crippen LogP) is -0.364. The predicted molar refractivity (Wildman–Crippen MR) is 53.4 cm³/mol. The van der Waals surface area contributed by atoms with Crippen LogP contribution in [0.5, 0.6) is 0 Å². The van der Waals surface area contributed by atoms with Crippen molar-refractivity contribution in [3.8, 4) is 0 Å². The van der Waals surface area contributed by atoms with Gasteiger partial charge >= 0.3 is 12.1 Å². The van der Waals surface area contributed by atoms with Crippen LogP contribution in [0.15, 0.2) is 0 Å². The summed E-state index contributed by atoms with van der Waals surface area (Å²) in [5, 5.41) is 7.40. The molecule has 0 saturated heterocycles. The van der Waals surface area contributed by atoms with E-state index in [2.05, 4.69) is 25.4 Å². The van der Waals surface area contributed by atoms with E-state index in [1.54, 1.807) is 6.92 Å². The molecule has 0 aliphatic carbocycles. The maximum atomic E-state index is 10.9. The van der Waals surface area contributed by atoms with Crippen molar-refractivity contribution in [3.63, 3.8) is 0 Å². The number of carbonyl (C=O) groups is 2. The Morgan fingerprint density at radius 3 is 2.40 bits per heavy atom. The van der Waals surface area contributed by atoms with Crippen molar-refractivity contribution in [1.29, 1.82) is 0 Å². The van der Waals surface area contributed by atoms with Gasteiger partial charge in [-0.3, -0.25) is 0 Å². The fraction of sp³-hybridized carbons (Fsp3) is 0.750. The van der Waals surface area contributed by atoms with Crippen molar-refractivity contribution in [1.82, 2.24) is 16.0 Å². The van der Waals surface area contributed by atoms with Gasteiger partial charge in [0.25, 0.3) is 0 Å². The Morgan fingerprint density at radius 2 is 1.80 bits per heavy atom. The Morgan fingerprint density at radius 1 is 1.13 bits per heavy atom. The highest BCUT2D eigenvalue weighted by Gasteiger charge is 2.00. The first-order chi connectivity index (χ1) is 7.20. The molecule has 0 unspecified atom stereocenters. The van der Waals surface area contributed by atoms with Gasteiger partial charge in [0, 0.05) is 20.2 Å². The summed E-state index contributed by atoms with van der Waals surface area (Å²) in [6, 6.07) is -0.345. The summed E-state index contributed by atoms with van der Waals surface area (Å²) in [7, 11) is 1.47. The van der Waals surface area contributed by atoms with E-state index in [0.717, 1.165) is 0 Å². The average molecular weight is 219 g/mol. The molecule has 0 aliphatic heterocycles. The highest BCUT2D eigenvalue weighted by Crippen LogP contribution is 1.74. The van der Waals surface area contributed by atoms with Crippen molar-refractivity contribution in [2.24, 2.45) is 0 Å². The summed E-state index contributed by atoms with van der Waals surface area (Å²) >= 11 is 0. The van der Waals surface area contributed by atoms with Gasteiger partial charge in [-0.2, -0.15) is 0 Å². The quantitative estimate of drug-likeness (QED) is 0.420. The molecule has 0 bridgehead atoms. The zero-order chi connectivity index (χ0) is 11.5. The third-order valence-corrected chi connectivity index (χ3v) is 1.33. The summed E-state index contributed by atoms with van der Waals surface area (Å²) in [5.41, 5.74) is 0. The molecule has 0 atom stereocenters. The molecule has 0 aromatic rings. The van der Waals surface area contributed by atoms with Crippen LogP contribution in [0, 0.1) is 0 Å². The number of amides is 3. The van der Waals surface area contributed by atoms with E-state index in [-0.39, 0.29) is 12.8 Å². The van der Waals surface area contributed by atoms with Crippen molar-refractivity contribution in [3.05, 3.63) is 0 Å². The Labute approximate surface area is 88.5 Å². The van der Waals surface area contributed by atoms with Crippen LogP contribution in [0.1, 0.15) is 6.92 Å². The molecular weight excluding hydrogens is 202 g/mol. The lowest BCUT2D eigenvalue weighted by Gasteiger charge is -2.07. The molecule has 0 saturated carbocycles. The third kappa shape index (κ3) is 8.82. The summed E-state index contributed by atoms with van der Waals surface area (Å²) < 4.78 is 9.24. The van der Waals surface area contributed by atoms with Gasteiger partial charge in [-0.05, 0) is 6.92 Å². The summed E-state index contributed by atoms with van der Waals surface area (Å²) in [6.45, 7) is 2.84. The number of urea groups is 1. The Hall–Kier alpha value is -1.50. The molecule has 0 radical (unpaired) electrons. The lowest BCUT2D eigenvalue weighted by atomic mass is 10.6. The minimum Gasteiger partial charge on any atom is -0.450 e. The lowest BCUT2D eigenvalue weighted by molar-refractivity contribution is 0.152. The number of methoxy groups -OCH3 is 1. The van der Waals surface area contributed by atoms with Crippen LogP contribution >= 0.6 is 0 Å². The van der Waals surface area contributed by atoms with E-state index in [4.69, 9.17) is 0 Å². The first-order valence-corrected chi connectivity index (χ1v) is 4.62. The zero-order valence-corrected chi connectivity index (χ0v) is 8.96. The normalized spacial score (nSPS) is 9.20. The number of nitrogens with one attached hydrogen (secondary N) is 3. The van der Waals surface area contributed by atoms with Crippen LogP contribution in [-0.4, -0.2) is 45.7 Å². The molecule has 7 heteroatoms. The SMILES string of the molecule is CCOC(=O)NCCNC(=O)NCOC. The standard InChI is InChI=1S/C8H17N3O4/c1-3-15-8(13)10-5-4-9-7(12)11-6-14-2/h3-6H2,1-2H3,(H,10,13)(H2,9,11,12). The van der Waals surface area contributed by atoms with E-state index in [0.29, 0.717) is 19.7 Å². The molecule has 0 rings (SSSR count). The average Bonchev–Trinajstić information content (AvgIpc) is 2.22. The van der Waals surface area contributed by atoms with Gasteiger partial charge in [-0.1, -0.05) is 0 Å². The van der Waals surface area contributed by atoms with Gasteiger partial charge in [0.2, 0.25) is 0 Å². The Bertz CT molecular complexity index is 198. The molecule has 15 heavy (non-hydrogen) atoms.